The van der Waals surface area contributed by atoms with Gasteiger partial charge in [0.15, 0.2) is 40.8 Å². The molecule has 12 aromatic rings. The molecule has 12 aromatic carbocycles. The van der Waals surface area contributed by atoms with Crippen LogP contribution in [0.2, 0.25) is 0 Å². The molecule has 0 saturated carbocycles. The number of hydrogen-bond acceptors (Lipinski definition) is 15. The molecule has 13 unspecified atom stereocenters. The molecule has 15 heteroatoms. The number of fused-ring (bicyclic) bond motifs is 3. The van der Waals surface area contributed by atoms with E-state index in [1.807, 2.05) is 127 Å². The summed E-state index contributed by atoms with van der Waals surface area (Å²) in [5.41, 5.74) is 24.8. The van der Waals surface area contributed by atoms with E-state index in [9.17, 15) is 19.8 Å². The first-order valence-corrected chi connectivity index (χ1v) is 45.0. The summed E-state index contributed by atoms with van der Waals surface area (Å²) in [6.45, 7) is 23.2. The Hall–Kier alpha value is -11.5. The highest BCUT2D eigenvalue weighted by Crippen LogP contribution is 2.51. The molecule has 1 fully saturated rings. The first kappa shape index (κ1) is 92.7. The van der Waals surface area contributed by atoms with E-state index in [0.29, 0.717) is 101 Å². The van der Waals surface area contributed by atoms with Crippen molar-refractivity contribution < 1.29 is 71.9 Å². The average molecular weight is 1720 g/mol. The molecule has 0 aromatic heterocycles. The molecule has 2 N–H and O–H groups in total. The second kappa shape index (κ2) is 44.5. The Morgan fingerprint density at radius 2 is 0.719 bits per heavy atom. The van der Waals surface area contributed by atoms with Crippen LogP contribution in [0.15, 0.2) is 273 Å². The zero-order valence-electron chi connectivity index (χ0n) is 76.1. The molecule has 15 nitrogen and oxygen atoms in total. The van der Waals surface area contributed by atoms with Crippen molar-refractivity contribution in [2.45, 2.75) is 157 Å². The number of ether oxygens (including phenoxy) is 11. The van der Waals surface area contributed by atoms with Crippen LogP contribution in [0.25, 0.3) is 0 Å². The molecule has 3 aliphatic carbocycles. The highest BCUT2D eigenvalue weighted by molar-refractivity contribution is 5.82. The summed E-state index contributed by atoms with van der Waals surface area (Å²) in [6.07, 6.45) is 1.27. The van der Waals surface area contributed by atoms with Crippen LogP contribution in [0.3, 0.4) is 0 Å². The number of ketones is 2. The number of carbonyl (C=O) groups excluding carboxylic acids is 2. The number of aromatic hydroxyl groups is 1. The first-order valence-electron chi connectivity index (χ1n) is 45.0. The zero-order chi connectivity index (χ0) is 89.7. The van der Waals surface area contributed by atoms with E-state index in [1.54, 1.807) is 40.2 Å². The smallest absolute Gasteiger partial charge is 0.184 e. The lowest BCUT2D eigenvalue weighted by Crippen LogP contribution is -2.52. The first-order chi connectivity index (χ1) is 62.2. The number of methoxy groups -OCH3 is 3. The second-order valence-electron chi connectivity index (χ2n) is 35.1. The van der Waals surface area contributed by atoms with Gasteiger partial charge in [0.25, 0.3) is 0 Å². The van der Waals surface area contributed by atoms with E-state index in [0.717, 1.165) is 68.5 Å². The van der Waals surface area contributed by atoms with Crippen LogP contribution in [0.5, 0.6) is 34.5 Å². The Morgan fingerprint density at radius 1 is 0.367 bits per heavy atom. The quantitative estimate of drug-likeness (QED) is 0.0407. The lowest BCUT2D eigenvalue weighted by atomic mass is 9.65. The van der Waals surface area contributed by atoms with Gasteiger partial charge in [-0.1, -0.05) is 244 Å². The Kier molecular flexibility index (Phi) is 32.2. The molecule has 0 bridgehead atoms. The van der Waals surface area contributed by atoms with Crippen molar-refractivity contribution in [2.24, 2.45) is 41.4 Å². The van der Waals surface area contributed by atoms with Crippen molar-refractivity contribution in [3.8, 4) is 34.5 Å². The molecule has 0 spiro atoms. The fourth-order valence-electron chi connectivity index (χ4n) is 19.2. The molecule has 0 amide bonds. The zero-order valence-corrected chi connectivity index (χ0v) is 76.1. The van der Waals surface area contributed by atoms with Gasteiger partial charge >= 0.3 is 0 Å². The molecular weight excluding hydrogens is 1600 g/mol. The minimum Gasteiger partial charge on any atom is -0.504 e. The molecule has 13 atom stereocenters. The summed E-state index contributed by atoms with van der Waals surface area (Å²) >= 11 is 0. The van der Waals surface area contributed by atoms with E-state index in [1.165, 1.54) is 68.3 Å². The molecule has 1 saturated heterocycles. The van der Waals surface area contributed by atoms with Gasteiger partial charge in [0.2, 0.25) is 0 Å². The van der Waals surface area contributed by atoms with E-state index in [4.69, 9.17) is 52.1 Å². The van der Waals surface area contributed by atoms with Gasteiger partial charge in [0.1, 0.15) is 30.9 Å². The lowest BCUT2D eigenvalue weighted by molar-refractivity contribution is -0.279. The van der Waals surface area contributed by atoms with Crippen LogP contribution in [0.4, 0.5) is 0 Å². The van der Waals surface area contributed by atoms with Crippen LogP contribution >= 0.6 is 0 Å². The number of hydrogen-bond donors (Lipinski definition) is 2. The summed E-state index contributed by atoms with van der Waals surface area (Å²) in [6, 6.07) is 92.9. The van der Waals surface area contributed by atoms with Crippen LogP contribution < -0.4 is 23.7 Å². The number of aliphatic hydroxyl groups excluding tert-OH is 1. The maximum absolute atomic E-state index is 13.4. The van der Waals surface area contributed by atoms with Gasteiger partial charge in [-0.25, -0.2) is 0 Å². The third kappa shape index (κ3) is 23.0. The fraction of sp³-hybridized carbons (Fsp3) is 0.345. The number of phenols is 1. The summed E-state index contributed by atoms with van der Waals surface area (Å²) in [4.78, 5) is 25.9. The highest BCUT2D eigenvalue weighted by Gasteiger charge is 2.46. The maximum Gasteiger partial charge on any atom is 0.184 e. The van der Waals surface area contributed by atoms with Crippen LogP contribution in [0.1, 0.15) is 155 Å². The lowest BCUT2D eigenvalue weighted by Gasteiger charge is -2.44. The van der Waals surface area contributed by atoms with Crippen molar-refractivity contribution in [1.29, 1.82) is 0 Å². The minimum absolute atomic E-state index is 0.00683. The predicted octanol–water partition coefficient (Wildman–Crippen LogP) is 22.3. The van der Waals surface area contributed by atoms with Gasteiger partial charge in [-0.15, -0.1) is 0 Å². The molecule has 128 heavy (non-hydrogen) atoms. The topological polar surface area (TPSA) is 176 Å². The SMILES string of the molecule is COc1cc(C2c3cc(C)c(C)cc3CC(CO)C2C(C)=O)ccc1O.COc1cc(C2c3cc(C)c(C)cc3CC(COCc3ccccc3)C2C(C)=O)ccc1OCc1ccccc1.COc1cc(C2c3cc(C)c(C)cc3CC(COCc3ccccc3)C2COC2OCC(OCc3ccccc3)C(C)C2OCc2ccccc2)ccc1OCc1ccccc1. The molecule has 1 heterocycles. The summed E-state index contributed by atoms with van der Waals surface area (Å²) in [5.74, 6) is 2.84. The van der Waals surface area contributed by atoms with Crippen molar-refractivity contribution in [2.75, 3.05) is 54.4 Å². The van der Waals surface area contributed by atoms with Gasteiger partial charge in [0, 0.05) is 42.1 Å². The van der Waals surface area contributed by atoms with Crippen molar-refractivity contribution in [1.82, 2.24) is 0 Å². The van der Waals surface area contributed by atoms with Gasteiger partial charge in [-0.05, 0) is 252 Å². The Morgan fingerprint density at radius 3 is 1.14 bits per heavy atom. The number of Topliss-reactive ketones (excluding diaryl/α,β-unsaturated/α-hetero) is 2. The van der Waals surface area contributed by atoms with Crippen molar-refractivity contribution in [3.63, 3.8) is 0 Å². The standard InChI is InChI=1S/C55H60O7.C36H38O4.C22H26O4/c1-38-27-46-29-47(35-57-31-41-17-9-5-10-18-41)49(53(48(46)28-39(38)2)45-25-26-50(51(30-45)56-4)58-32-42-19-11-6-12-20-42)36-61-55-54(60-34-44-23-15-8-16-24-44)40(3)52(37-62-55)59-33-43-21-13-7-14-22-43;1-24-17-30-19-31(23-39-21-27-11-7-5-8-12-27)35(26(3)37)36(32(30)18-25(24)2)29-15-16-33(34(20-29)38-4)40-22-28-13-9-6-10-14-28;1-12-7-16-9-17(11-23)21(14(3)24)22(18(16)8-13(12)2)15-5-6-19(25)20(10-15)26-4/h5-28,30,40,47,49,52-55H,29,31-37H2,1-4H3;5-18,20,31,35-36H,19,21-23H2,1-4H3;5-8,10,17,21-23,25H,9,11H2,1-4H3. The summed E-state index contributed by atoms with van der Waals surface area (Å²) < 4.78 is 69.4. The maximum atomic E-state index is 13.4. The normalized spacial score (nSPS) is 20.9. The van der Waals surface area contributed by atoms with Crippen LogP contribution in [0, 0.1) is 83.0 Å². The van der Waals surface area contributed by atoms with Crippen LogP contribution in [-0.4, -0.2) is 94.6 Å². The van der Waals surface area contributed by atoms with E-state index in [2.05, 4.69) is 182 Å². The Bertz CT molecular complexity index is 5610. The van der Waals surface area contributed by atoms with Crippen molar-refractivity contribution >= 4 is 11.6 Å². The predicted molar refractivity (Wildman–Crippen MR) is 503 cm³/mol. The third-order valence-corrected chi connectivity index (χ3v) is 26.5. The van der Waals surface area contributed by atoms with Crippen molar-refractivity contribution in [3.05, 3.63) is 390 Å². The van der Waals surface area contributed by atoms with Gasteiger partial charge < -0.3 is 62.3 Å². The number of aliphatic hydroxyl groups is 1. The van der Waals surface area contributed by atoms with Gasteiger partial charge in [-0.3, -0.25) is 9.59 Å². The molecule has 666 valence electrons. The second-order valence-corrected chi connectivity index (χ2v) is 35.1. The number of benzene rings is 12. The van der Waals surface area contributed by atoms with E-state index >= 15 is 0 Å². The van der Waals surface area contributed by atoms with Gasteiger partial charge in [0.05, 0.1) is 80.3 Å². The van der Waals surface area contributed by atoms with E-state index in [-0.39, 0.29) is 95.3 Å². The molecule has 1 aliphatic heterocycles. The largest absolute Gasteiger partial charge is 0.504 e. The minimum atomic E-state index is -0.596. The number of phenolic OH excluding ortho intramolecular Hbond substituents is 1. The molecular formula is C113H124O15. The van der Waals surface area contributed by atoms with E-state index < -0.39 is 6.29 Å². The van der Waals surface area contributed by atoms with Crippen LogP contribution in [-0.2, 0) is 96.9 Å². The highest BCUT2D eigenvalue weighted by atomic mass is 16.7. The Labute approximate surface area is 756 Å². The molecule has 16 rings (SSSR count). The summed E-state index contributed by atoms with van der Waals surface area (Å²) in [7, 11) is 4.89. The molecule has 4 aliphatic rings. The fourth-order valence-corrected chi connectivity index (χ4v) is 19.2. The number of carbonyl (C=O) groups is 2. The number of rotatable bonds is 32. The Balaban J connectivity index is 0.000000171. The average Bonchev–Trinajstić information content (AvgIpc) is 0.760. The number of aryl methyl sites for hydroxylation is 6. The summed E-state index contributed by atoms with van der Waals surface area (Å²) in [5, 5.41) is 19.9. The molecule has 0 radical (unpaired) electrons. The monoisotopic (exact) mass is 1720 g/mol. The van der Waals surface area contributed by atoms with Gasteiger partial charge in [-0.2, -0.15) is 0 Å². The third-order valence-electron chi connectivity index (χ3n) is 26.5.